The summed E-state index contributed by atoms with van der Waals surface area (Å²) in [5.74, 6) is 0.836. The van der Waals surface area contributed by atoms with Gasteiger partial charge in [-0.1, -0.05) is 24.3 Å². The van der Waals surface area contributed by atoms with Crippen molar-refractivity contribution >= 4 is 12.6 Å². The van der Waals surface area contributed by atoms with Crippen molar-refractivity contribution in [3.05, 3.63) is 35.4 Å². The van der Waals surface area contributed by atoms with E-state index < -0.39 is 0 Å². The van der Waals surface area contributed by atoms with Crippen molar-refractivity contribution < 1.29 is 0 Å². The molecule has 1 N–H and O–H groups in total. The van der Waals surface area contributed by atoms with Gasteiger partial charge in [-0.25, -0.2) is 0 Å². The Balaban J connectivity index is 2.02. The average Bonchev–Trinajstić information content (AvgIpc) is 2.31. The molecule has 3 heteroatoms. The minimum Gasteiger partial charge on any atom is -0.314 e. The molecule has 0 unspecified atom stereocenters. The Labute approximate surface area is 97.1 Å². The highest BCUT2D eigenvalue weighted by molar-refractivity contribution is 7.79. The molecule has 0 amide bonds. The molecular weight excluding hydrogens is 204 g/mol. The fraction of sp³-hybridized carbons (Fsp3) is 0.500. The summed E-state index contributed by atoms with van der Waals surface area (Å²) >= 11 is 4.37. The fourth-order valence-corrected chi connectivity index (χ4v) is 2.28. The van der Waals surface area contributed by atoms with Crippen molar-refractivity contribution in [2.75, 3.05) is 26.2 Å². The quantitative estimate of drug-likeness (QED) is 0.754. The maximum absolute atomic E-state index is 4.37. The van der Waals surface area contributed by atoms with Gasteiger partial charge >= 0.3 is 0 Å². The van der Waals surface area contributed by atoms with Crippen LogP contribution in [0.4, 0.5) is 0 Å². The molecule has 1 aliphatic heterocycles. The summed E-state index contributed by atoms with van der Waals surface area (Å²) in [5, 5.41) is 3.37. The van der Waals surface area contributed by atoms with Gasteiger partial charge in [0.15, 0.2) is 0 Å². The Bertz CT molecular complexity index is 308. The van der Waals surface area contributed by atoms with Crippen LogP contribution in [0.25, 0.3) is 0 Å². The number of piperazine rings is 1. The molecule has 82 valence electrons. The van der Waals surface area contributed by atoms with Crippen LogP contribution in [0.15, 0.2) is 24.3 Å². The van der Waals surface area contributed by atoms with E-state index in [1.54, 1.807) is 0 Å². The van der Waals surface area contributed by atoms with E-state index >= 15 is 0 Å². The van der Waals surface area contributed by atoms with Crippen LogP contribution >= 0.6 is 12.6 Å². The molecule has 0 aliphatic carbocycles. The zero-order chi connectivity index (χ0) is 10.5. The summed E-state index contributed by atoms with van der Waals surface area (Å²) < 4.78 is 0. The predicted octanol–water partition coefficient (Wildman–Crippen LogP) is 1.52. The van der Waals surface area contributed by atoms with Crippen LogP contribution in [0.5, 0.6) is 0 Å². The van der Waals surface area contributed by atoms with Gasteiger partial charge in [-0.05, 0) is 11.1 Å². The van der Waals surface area contributed by atoms with Gasteiger partial charge in [-0.2, -0.15) is 12.6 Å². The van der Waals surface area contributed by atoms with Crippen LogP contribution < -0.4 is 5.32 Å². The molecule has 0 spiro atoms. The van der Waals surface area contributed by atoms with E-state index in [2.05, 4.69) is 47.1 Å². The number of nitrogens with zero attached hydrogens (tertiary/aromatic N) is 1. The zero-order valence-corrected chi connectivity index (χ0v) is 9.84. The standard InChI is InChI=1S/C12H18N2S/c15-10-12-4-2-1-3-11(12)9-14-7-5-13-6-8-14/h1-4,13,15H,5-10H2. The van der Waals surface area contributed by atoms with Gasteiger partial charge in [0.1, 0.15) is 0 Å². The molecule has 0 saturated carbocycles. The second kappa shape index (κ2) is 5.54. The SMILES string of the molecule is SCc1ccccc1CN1CCNCC1. The maximum Gasteiger partial charge on any atom is 0.0237 e. The van der Waals surface area contributed by atoms with E-state index in [0.29, 0.717) is 0 Å². The Morgan fingerprint density at radius 2 is 1.80 bits per heavy atom. The van der Waals surface area contributed by atoms with Crippen molar-refractivity contribution in [3.8, 4) is 0 Å². The lowest BCUT2D eigenvalue weighted by atomic mass is 10.1. The third kappa shape index (κ3) is 2.97. The minimum absolute atomic E-state index is 0.836. The summed E-state index contributed by atoms with van der Waals surface area (Å²) in [4.78, 5) is 2.50. The molecule has 0 bridgehead atoms. The van der Waals surface area contributed by atoms with Crippen molar-refractivity contribution in [1.82, 2.24) is 10.2 Å². The van der Waals surface area contributed by atoms with Gasteiger partial charge in [-0.15, -0.1) is 0 Å². The van der Waals surface area contributed by atoms with E-state index in [4.69, 9.17) is 0 Å². The lowest BCUT2D eigenvalue weighted by molar-refractivity contribution is 0.233. The van der Waals surface area contributed by atoms with Gasteiger partial charge in [0.05, 0.1) is 0 Å². The largest absolute Gasteiger partial charge is 0.314 e. The van der Waals surface area contributed by atoms with E-state index in [1.165, 1.54) is 11.1 Å². The van der Waals surface area contributed by atoms with E-state index in [9.17, 15) is 0 Å². The molecule has 1 fully saturated rings. The Morgan fingerprint density at radius 3 is 2.47 bits per heavy atom. The maximum atomic E-state index is 4.37. The first-order chi connectivity index (χ1) is 7.40. The van der Waals surface area contributed by atoms with Gasteiger partial charge in [0.25, 0.3) is 0 Å². The topological polar surface area (TPSA) is 15.3 Å². The first kappa shape index (κ1) is 11.0. The Hall–Kier alpha value is -0.510. The number of benzene rings is 1. The minimum atomic E-state index is 0.836. The molecule has 1 saturated heterocycles. The van der Waals surface area contributed by atoms with Crippen LogP contribution in [-0.2, 0) is 12.3 Å². The summed E-state index contributed by atoms with van der Waals surface area (Å²) in [6, 6.07) is 8.59. The number of nitrogens with one attached hydrogen (secondary N) is 1. The molecule has 1 aromatic carbocycles. The van der Waals surface area contributed by atoms with Gasteiger partial charge in [0, 0.05) is 38.5 Å². The highest BCUT2D eigenvalue weighted by Gasteiger charge is 2.11. The number of hydrogen-bond donors (Lipinski definition) is 2. The predicted molar refractivity (Wildman–Crippen MR) is 67.3 cm³/mol. The van der Waals surface area contributed by atoms with Crippen LogP contribution in [0.1, 0.15) is 11.1 Å². The zero-order valence-electron chi connectivity index (χ0n) is 8.95. The molecule has 0 atom stereocenters. The molecule has 2 rings (SSSR count). The summed E-state index contributed by atoms with van der Waals surface area (Å²) in [6.07, 6.45) is 0. The van der Waals surface area contributed by atoms with Crippen LogP contribution in [0.3, 0.4) is 0 Å². The number of hydrogen-bond acceptors (Lipinski definition) is 3. The fourth-order valence-electron chi connectivity index (χ4n) is 1.98. The number of thiol groups is 1. The van der Waals surface area contributed by atoms with Crippen molar-refractivity contribution in [1.29, 1.82) is 0 Å². The van der Waals surface area contributed by atoms with Gasteiger partial charge in [0.2, 0.25) is 0 Å². The smallest absolute Gasteiger partial charge is 0.0237 e. The monoisotopic (exact) mass is 222 g/mol. The third-order valence-electron chi connectivity index (χ3n) is 2.89. The van der Waals surface area contributed by atoms with Crippen molar-refractivity contribution in [2.45, 2.75) is 12.3 Å². The average molecular weight is 222 g/mol. The van der Waals surface area contributed by atoms with E-state index in [1.807, 2.05) is 0 Å². The van der Waals surface area contributed by atoms with Gasteiger partial charge in [-0.3, -0.25) is 4.90 Å². The van der Waals surface area contributed by atoms with Gasteiger partial charge < -0.3 is 5.32 Å². The molecule has 2 nitrogen and oxygen atoms in total. The Kier molecular flexibility index (Phi) is 4.06. The van der Waals surface area contributed by atoms with Crippen molar-refractivity contribution in [3.63, 3.8) is 0 Å². The molecule has 0 radical (unpaired) electrons. The molecule has 15 heavy (non-hydrogen) atoms. The van der Waals surface area contributed by atoms with Crippen LogP contribution in [0.2, 0.25) is 0 Å². The lowest BCUT2D eigenvalue weighted by Gasteiger charge is -2.27. The molecular formula is C12H18N2S. The normalized spacial score (nSPS) is 17.9. The van der Waals surface area contributed by atoms with E-state index in [0.717, 1.165) is 38.5 Å². The third-order valence-corrected chi connectivity index (χ3v) is 3.23. The van der Waals surface area contributed by atoms with Crippen LogP contribution in [-0.4, -0.2) is 31.1 Å². The lowest BCUT2D eigenvalue weighted by Crippen LogP contribution is -2.43. The summed E-state index contributed by atoms with van der Waals surface area (Å²) in [7, 11) is 0. The molecule has 0 aromatic heterocycles. The highest BCUT2D eigenvalue weighted by Crippen LogP contribution is 2.13. The summed E-state index contributed by atoms with van der Waals surface area (Å²) in [5.41, 5.74) is 2.79. The second-order valence-corrected chi connectivity index (χ2v) is 4.27. The van der Waals surface area contributed by atoms with Crippen LogP contribution in [0, 0.1) is 0 Å². The first-order valence-corrected chi connectivity index (χ1v) is 6.14. The highest BCUT2D eigenvalue weighted by atomic mass is 32.1. The molecule has 1 aliphatic rings. The van der Waals surface area contributed by atoms with E-state index in [-0.39, 0.29) is 0 Å². The molecule has 1 heterocycles. The second-order valence-electron chi connectivity index (χ2n) is 3.95. The first-order valence-electron chi connectivity index (χ1n) is 5.51. The Morgan fingerprint density at radius 1 is 1.13 bits per heavy atom. The van der Waals surface area contributed by atoms with Crippen molar-refractivity contribution in [2.24, 2.45) is 0 Å². The summed E-state index contributed by atoms with van der Waals surface area (Å²) in [6.45, 7) is 5.60. The number of rotatable bonds is 3. The molecule has 1 aromatic rings.